The van der Waals surface area contributed by atoms with E-state index < -0.39 is 0 Å². The molecule has 0 bridgehead atoms. The summed E-state index contributed by atoms with van der Waals surface area (Å²) in [6, 6.07) is 20.6. The molecular weight excluding hydrogens is 304 g/mol. The molecule has 130 valence electrons. The lowest BCUT2D eigenvalue weighted by Gasteiger charge is -2.26. The predicted octanol–water partition coefficient (Wildman–Crippen LogP) is 3.51. The molecule has 2 nitrogen and oxygen atoms in total. The van der Waals surface area contributed by atoms with Crippen LogP contribution < -0.4 is 5.32 Å². The van der Waals surface area contributed by atoms with Gasteiger partial charge in [0.1, 0.15) is 0 Å². The van der Waals surface area contributed by atoms with Gasteiger partial charge in [0.05, 0.1) is 0 Å². The summed E-state index contributed by atoms with van der Waals surface area (Å²) in [5.74, 6) is 2.84. The van der Waals surface area contributed by atoms with Gasteiger partial charge in [0.2, 0.25) is 0 Å². The van der Waals surface area contributed by atoms with Crippen molar-refractivity contribution >= 4 is 0 Å². The number of rotatable bonds is 5. The molecule has 25 heavy (non-hydrogen) atoms. The number of piperidine rings is 1. The number of aryl methyl sites for hydroxylation is 1. The van der Waals surface area contributed by atoms with Gasteiger partial charge in [-0.05, 0) is 60.3 Å². The smallest absolute Gasteiger partial charge is 0.0233 e. The Labute approximate surface area is 151 Å². The Morgan fingerprint density at radius 3 is 2.40 bits per heavy atom. The first-order valence-corrected chi connectivity index (χ1v) is 9.93. The highest BCUT2D eigenvalue weighted by Gasteiger charge is 2.54. The molecule has 5 rings (SSSR count). The summed E-state index contributed by atoms with van der Waals surface area (Å²) in [6.07, 6.45) is 3.77. The van der Waals surface area contributed by atoms with Gasteiger partial charge in [-0.2, -0.15) is 0 Å². The fourth-order valence-electron chi connectivity index (χ4n) is 5.18. The van der Waals surface area contributed by atoms with Crippen molar-refractivity contribution in [2.75, 3.05) is 19.6 Å². The Bertz CT molecular complexity index is 714. The zero-order chi connectivity index (χ0) is 16.6. The lowest BCUT2D eigenvalue weighted by atomic mass is 9.88. The zero-order valence-electron chi connectivity index (χ0n) is 14.9. The first-order valence-electron chi connectivity index (χ1n) is 9.93. The maximum absolute atomic E-state index is 3.90. The van der Waals surface area contributed by atoms with Gasteiger partial charge in [-0.1, -0.05) is 54.6 Å². The van der Waals surface area contributed by atoms with Gasteiger partial charge in [0.15, 0.2) is 0 Å². The summed E-state index contributed by atoms with van der Waals surface area (Å²) >= 11 is 0. The average molecular weight is 332 g/mol. The van der Waals surface area contributed by atoms with E-state index in [-0.39, 0.29) is 0 Å². The molecule has 0 spiro atoms. The van der Waals surface area contributed by atoms with Gasteiger partial charge in [0.25, 0.3) is 0 Å². The molecule has 0 aromatic heterocycles. The van der Waals surface area contributed by atoms with Crippen molar-refractivity contribution < 1.29 is 0 Å². The lowest BCUT2D eigenvalue weighted by molar-refractivity contribution is 0.272. The second kappa shape index (κ2) is 6.59. The summed E-state index contributed by atoms with van der Waals surface area (Å²) in [5, 5.41) is 3.90. The molecule has 1 unspecified atom stereocenters. The Balaban J connectivity index is 1.08. The number of benzene rings is 2. The van der Waals surface area contributed by atoms with Crippen molar-refractivity contribution in [1.29, 1.82) is 0 Å². The fraction of sp³-hybridized carbons (Fsp3) is 0.478. The summed E-state index contributed by atoms with van der Waals surface area (Å²) in [6.45, 7) is 4.98. The quantitative estimate of drug-likeness (QED) is 0.901. The normalized spacial score (nSPS) is 30.7. The second-order valence-corrected chi connectivity index (χ2v) is 8.29. The van der Waals surface area contributed by atoms with Crippen molar-refractivity contribution in [3.05, 3.63) is 71.3 Å². The van der Waals surface area contributed by atoms with Crippen LogP contribution in [0.3, 0.4) is 0 Å². The molecule has 1 aliphatic heterocycles. The number of likely N-dealkylation sites (tertiary alicyclic amines) is 1. The van der Waals surface area contributed by atoms with Gasteiger partial charge in [-0.25, -0.2) is 0 Å². The number of hydrogen-bond donors (Lipinski definition) is 1. The molecule has 1 saturated carbocycles. The van der Waals surface area contributed by atoms with E-state index in [2.05, 4.69) is 64.8 Å². The van der Waals surface area contributed by atoms with E-state index in [0.717, 1.165) is 24.3 Å². The van der Waals surface area contributed by atoms with Crippen LogP contribution in [0.5, 0.6) is 0 Å². The van der Waals surface area contributed by atoms with Gasteiger partial charge in [0, 0.05) is 25.7 Å². The van der Waals surface area contributed by atoms with Gasteiger partial charge >= 0.3 is 0 Å². The Morgan fingerprint density at radius 2 is 1.60 bits per heavy atom. The average Bonchev–Trinajstić information content (AvgIpc) is 3.12. The topological polar surface area (TPSA) is 15.3 Å². The van der Waals surface area contributed by atoms with E-state index in [1.807, 2.05) is 0 Å². The van der Waals surface area contributed by atoms with E-state index >= 15 is 0 Å². The van der Waals surface area contributed by atoms with E-state index in [1.165, 1.54) is 44.5 Å². The third kappa shape index (κ3) is 3.26. The first kappa shape index (κ1) is 15.6. The van der Waals surface area contributed by atoms with Gasteiger partial charge in [-0.15, -0.1) is 0 Å². The SMILES string of the molecule is c1ccc(CN2C[C@@H]3[C@@H](CNC4CCc5ccccc5C4)[C@@H]3C2)cc1. The molecule has 2 aromatic carbocycles. The standard InChI is InChI=1S/C23H28N2/c1-2-6-17(7-3-1)14-25-15-22-21(23(22)16-25)13-24-20-11-10-18-8-4-5-9-19(18)12-20/h1-9,20-24H,10-16H2/t20?,21-,22-,23+. The van der Waals surface area contributed by atoms with E-state index in [1.54, 1.807) is 11.1 Å². The Kier molecular flexibility index (Phi) is 4.11. The molecule has 2 aliphatic carbocycles. The fourth-order valence-corrected chi connectivity index (χ4v) is 5.18. The van der Waals surface area contributed by atoms with Gasteiger partial charge in [-0.3, -0.25) is 4.90 Å². The van der Waals surface area contributed by atoms with Crippen LogP contribution in [0.15, 0.2) is 54.6 Å². The maximum Gasteiger partial charge on any atom is 0.0233 e. The largest absolute Gasteiger partial charge is 0.313 e. The van der Waals surface area contributed by atoms with Crippen LogP contribution in [-0.4, -0.2) is 30.6 Å². The third-order valence-corrected chi connectivity index (χ3v) is 6.69. The molecule has 4 atom stereocenters. The van der Waals surface area contributed by atoms with Crippen molar-refractivity contribution in [2.24, 2.45) is 17.8 Å². The Morgan fingerprint density at radius 1 is 0.880 bits per heavy atom. The minimum atomic E-state index is 0.691. The van der Waals surface area contributed by atoms with Crippen LogP contribution in [0.25, 0.3) is 0 Å². The molecular formula is C23H28N2. The highest BCUT2D eigenvalue weighted by atomic mass is 15.2. The second-order valence-electron chi connectivity index (χ2n) is 8.29. The molecule has 1 N–H and O–H groups in total. The molecule has 1 saturated heterocycles. The monoisotopic (exact) mass is 332 g/mol. The minimum absolute atomic E-state index is 0.691. The third-order valence-electron chi connectivity index (χ3n) is 6.69. The number of nitrogens with one attached hydrogen (secondary N) is 1. The van der Waals surface area contributed by atoms with Crippen LogP contribution in [0, 0.1) is 17.8 Å². The molecule has 2 fully saturated rings. The zero-order valence-corrected chi connectivity index (χ0v) is 14.9. The molecule has 1 heterocycles. The van der Waals surface area contributed by atoms with Crippen molar-refractivity contribution in [1.82, 2.24) is 10.2 Å². The highest BCUT2D eigenvalue weighted by molar-refractivity contribution is 5.30. The molecule has 0 radical (unpaired) electrons. The molecule has 0 amide bonds. The van der Waals surface area contributed by atoms with Crippen LogP contribution in [0.1, 0.15) is 23.1 Å². The minimum Gasteiger partial charge on any atom is -0.313 e. The van der Waals surface area contributed by atoms with E-state index in [0.29, 0.717) is 6.04 Å². The van der Waals surface area contributed by atoms with E-state index in [4.69, 9.17) is 0 Å². The first-order chi connectivity index (χ1) is 12.4. The number of fused-ring (bicyclic) bond motifs is 2. The predicted molar refractivity (Wildman–Crippen MR) is 102 cm³/mol. The van der Waals surface area contributed by atoms with E-state index in [9.17, 15) is 0 Å². The Hall–Kier alpha value is -1.64. The van der Waals surface area contributed by atoms with Crippen molar-refractivity contribution in [2.45, 2.75) is 31.8 Å². The van der Waals surface area contributed by atoms with Crippen LogP contribution in [0.4, 0.5) is 0 Å². The van der Waals surface area contributed by atoms with Crippen LogP contribution in [-0.2, 0) is 19.4 Å². The molecule has 2 aromatic rings. The highest BCUT2D eigenvalue weighted by Crippen LogP contribution is 2.51. The van der Waals surface area contributed by atoms with Crippen LogP contribution in [0.2, 0.25) is 0 Å². The number of nitrogens with zero attached hydrogens (tertiary/aromatic N) is 1. The van der Waals surface area contributed by atoms with Crippen molar-refractivity contribution in [3.8, 4) is 0 Å². The lowest BCUT2D eigenvalue weighted by Crippen LogP contribution is -2.37. The number of hydrogen-bond acceptors (Lipinski definition) is 2. The van der Waals surface area contributed by atoms with Gasteiger partial charge < -0.3 is 5.32 Å². The molecule has 3 aliphatic rings. The molecule has 2 heteroatoms. The summed E-state index contributed by atoms with van der Waals surface area (Å²) in [7, 11) is 0. The van der Waals surface area contributed by atoms with Crippen molar-refractivity contribution in [3.63, 3.8) is 0 Å². The van der Waals surface area contributed by atoms with Crippen LogP contribution >= 0.6 is 0 Å². The summed E-state index contributed by atoms with van der Waals surface area (Å²) in [4.78, 5) is 2.65. The summed E-state index contributed by atoms with van der Waals surface area (Å²) < 4.78 is 0. The maximum atomic E-state index is 3.90. The summed E-state index contributed by atoms with van der Waals surface area (Å²) in [5.41, 5.74) is 4.59.